The van der Waals surface area contributed by atoms with Gasteiger partial charge in [-0.25, -0.2) is 9.78 Å². The highest BCUT2D eigenvalue weighted by Crippen LogP contribution is 2.46. The summed E-state index contributed by atoms with van der Waals surface area (Å²) in [6, 6.07) is 11.1. The van der Waals surface area contributed by atoms with Crippen molar-refractivity contribution in [3.05, 3.63) is 83.4 Å². The Morgan fingerprint density at radius 2 is 1.71 bits per heavy atom. The third-order valence-corrected chi connectivity index (χ3v) is 10.8. The Bertz CT molecular complexity index is 1810. The number of ether oxygens (including phenoxy) is 1. The number of benzene rings is 2. The molecule has 1 aromatic heterocycles. The van der Waals surface area contributed by atoms with Crippen LogP contribution in [0.1, 0.15) is 98.8 Å². The molecule has 0 bridgehead atoms. The third-order valence-electron chi connectivity index (χ3n) is 10.8. The van der Waals surface area contributed by atoms with E-state index in [0.29, 0.717) is 30.0 Å². The first-order valence-corrected chi connectivity index (χ1v) is 19.2. The fraction of sp³-hybridized carbons (Fsp3) is 0.512. The Hall–Kier alpha value is -4.91. The average molecular weight is 849 g/mol. The molecule has 59 heavy (non-hydrogen) atoms. The molecule has 0 spiro atoms. The number of carbonyl (C=O) groups is 5. The first-order valence-electron chi connectivity index (χ1n) is 19.2. The zero-order chi connectivity index (χ0) is 39.7. The molecule has 17 nitrogen and oxygen atoms in total. The van der Waals surface area contributed by atoms with Crippen LogP contribution in [0.2, 0.25) is 0 Å². The standard InChI is InChI=1S/C41H54N6O8.ClH.3H2O/c1-25(2)21-44-37(50)19-35(49)34(17-28-12-8-5-9-13-28)46-40(54)41(20-30-22-43-24-45-30,32-23-55-36-15-14-29(39(52)53)18-31(32)36)47(26(3)48)38(51)33(42)16-27-10-6-4-7-11-27;;;;/h4,6-7,10-11,14-15,18,22,24-25,28,32-35,49H,5,8-9,12-13,16-17,19-21,23,42H2,1-3H3,(H,43,45)(H,44,50)(H,46,54)(H,52,53);1H;3*1H2/t32?,33-,34?,35?,41+;;;;/m0..../s1. The number of hydrogen-bond donors (Lipinski definition) is 6. The second kappa shape index (κ2) is 23.6. The van der Waals surface area contributed by atoms with Crippen LogP contribution in [0.5, 0.6) is 5.75 Å². The van der Waals surface area contributed by atoms with E-state index in [1.54, 1.807) is 30.5 Å². The van der Waals surface area contributed by atoms with Crippen LogP contribution >= 0.6 is 12.4 Å². The minimum absolute atomic E-state index is 0. The van der Waals surface area contributed by atoms with Gasteiger partial charge in [-0.2, -0.15) is 0 Å². The van der Waals surface area contributed by atoms with Gasteiger partial charge in [0.25, 0.3) is 0 Å². The molecule has 1 aliphatic carbocycles. The lowest BCUT2D eigenvalue weighted by Gasteiger charge is -2.46. The summed E-state index contributed by atoms with van der Waals surface area (Å²) in [6.07, 6.45) is 6.29. The third kappa shape index (κ3) is 12.8. The first kappa shape index (κ1) is 52.1. The number of carboxylic acids is 1. The van der Waals surface area contributed by atoms with Gasteiger partial charge < -0.3 is 52.7 Å². The molecule has 1 saturated carbocycles. The normalized spacial score (nSPS) is 17.0. The number of halogens is 1. The van der Waals surface area contributed by atoms with Crippen molar-refractivity contribution in [1.82, 2.24) is 25.5 Å². The highest BCUT2D eigenvalue weighted by molar-refractivity contribution is 6.05. The number of rotatable bonds is 17. The van der Waals surface area contributed by atoms with Crippen molar-refractivity contribution in [2.75, 3.05) is 13.2 Å². The smallest absolute Gasteiger partial charge is 0.335 e. The number of carbonyl (C=O) groups excluding carboxylic acids is 4. The summed E-state index contributed by atoms with van der Waals surface area (Å²) < 4.78 is 6.08. The Balaban J connectivity index is 0.00000435. The molecule has 2 aromatic carbocycles. The monoisotopic (exact) mass is 848 g/mol. The zero-order valence-corrected chi connectivity index (χ0v) is 34.6. The van der Waals surface area contributed by atoms with Crippen LogP contribution in [0.25, 0.3) is 0 Å². The lowest BCUT2D eigenvalue weighted by molar-refractivity contribution is -0.161. The number of aromatic amines is 1. The Morgan fingerprint density at radius 1 is 1.03 bits per heavy atom. The molecule has 13 N–H and O–H groups in total. The lowest BCUT2D eigenvalue weighted by atomic mass is 9.73. The van der Waals surface area contributed by atoms with Gasteiger partial charge in [-0.05, 0) is 48.4 Å². The van der Waals surface area contributed by atoms with Gasteiger partial charge in [-0.1, -0.05) is 76.3 Å². The molecule has 0 radical (unpaired) electrons. The molecular formula is C41H61ClN6O11. The van der Waals surface area contributed by atoms with Gasteiger partial charge in [0.05, 0.1) is 54.7 Å². The van der Waals surface area contributed by atoms with Crippen molar-refractivity contribution in [1.29, 1.82) is 0 Å². The molecule has 328 valence electrons. The number of fused-ring (bicyclic) bond motifs is 1. The summed E-state index contributed by atoms with van der Waals surface area (Å²) in [5.41, 5.74) is 5.75. The second-order valence-corrected chi connectivity index (χ2v) is 15.4. The van der Waals surface area contributed by atoms with Crippen LogP contribution in [0.15, 0.2) is 61.1 Å². The minimum Gasteiger partial charge on any atom is -0.493 e. The molecule has 4 amide bonds. The number of aromatic carboxylic acids is 1. The molecule has 3 unspecified atom stereocenters. The molecule has 18 heteroatoms. The number of amides is 4. The average Bonchev–Trinajstić information content (AvgIpc) is 3.84. The summed E-state index contributed by atoms with van der Waals surface area (Å²) in [7, 11) is 0. The second-order valence-electron chi connectivity index (χ2n) is 15.4. The van der Waals surface area contributed by atoms with Crippen LogP contribution in [0.4, 0.5) is 0 Å². The predicted octanol–water partition coefficient (Wildman–Crippen LogP) is 1.44. The van der Waals surface area contributed by atoms with Crippen molar-refractivity contribution in [3.63, 3.8) is 0 Å². The van der Waals surface area contributed by atoms with Crippen LogP contribution in [0, 0.1) is 11.8 Å². The van der Waals surface area contributed by atoms with Gasteiger partial charge in [0, 0.05) is 31.6 Å². The van der Waals surface area contributed by atoms with Crippen molar-refractivity contribution >= 4 is 42.0 Å². The quantitative estimate of drug-likeness (QED) is 0.114. The van der Waals surface area contributed by atoms with E-state index in [4.69, 9.17) is 10.5 Å². The van der Waals surface area contributed by atoms with Crippen molar-refractivity contribution in [3.8, 4) is 5.75 Å². The Labute approximate surface area is 350 Å². The molecule has 3 aromatic rings. The Morgan fingerprint density at radius 3 is 2.31 bits per heavy atom. The number of imide groups is 1. The molecule has 0 saturated heterocycles. The van der Waals surface area contributed by atoms with E-state index >= 15 is 4.79 Å². The highest BCUT2D eigenvalue weighted by Gasteiger charge is 2.58. The number of hydrogen-bond acceptors (Lipinski definition) is 9. The van der Waals surface area contributed by atoms with Crippen LogP contribution in [-0.2, 0) is 32.0 Å². The molecule has 1 aliphatic heterocycles. The largest absolute Gasteiger partial charge is 0.493 e. The molecule has 5 rings (SSSR count). The van der Waals surface area contributed by atoms with Gasteiger partial charge >= 0.3 is 5.97 Å². The maximum Gasteiger partial charge on any atom is 0.335 e. The van der Waals surface area contributed by atoms with Gasteiger partial charge in [-0.15, -0.1) is 12.4 Å². The zero-order valence-electron chi connectivity index (χ0n) is 33.7. The number of nitrogens with two attached hydrogens (primary N) is 1. The number of imidazole rings is 1. The van der Waals surface area contributed by atoms with Gasteiger partial charge in [0.2, 0.25) is 23.6 Å². The van der Waals surface area contributed by atoms with Crippen molar-refractivity contribution < 1.29 is 55.4 Å². The summed E-state index contributed by atoms with van der Waals surface area (Å²) in [6.45, 7) is 5.31. The van der Waals surface area contributed by atoms with Gasteiger partial charge in [-0.3, -0.25) is 24.1 Å². The summed E-state index contributed by atoms with van der Waals surface area (Å²) in [5, 5.41) is 27.6. The van der Waals surface area contributed by atoms with Gasteiger partial charge in [0.15, 0.2) is 0 Å². The number of carboxylic acid groups (broad SMARTS) is 1. The van der Waals surface area contributed by atoms with Crippen molar-refractivity contribution in [2.45, 2.75) is 108 Å². The minimum atomic E-state index is -2.14. The maximum atomic E-state index is 15.6. The predicted molar refractivity (Wildman–Crippen MR) is 222 cm³/mol. The number of aromatic nitrogens is 2. The number of nitrogens with zero attached hydrogens (tertiary/aromatic N) is 2. The highest BCUT2D eigenvalue weighted by atomic mass is 35.5. The van der Waals surface area contributed by atoms with Crippen LogP contribution < -0.4 is 21.1 Å². The fourth-order valence-corrected chi connectivity index (χ4v) is 7.97. The topological polar surface area (TPSA) is 312 Å². The fourth-order valence-electron chi connectivity index (χ4n) is 7.97. The molecule has 1 fully saturated rings. The van der Waals surface area contributed by atoms with E-state index in [0.717, 1.165) is 42.6 Å². The van der Waals surface area contributed by atoms with Gasteiger partial charge in [0.1, 0.15) is 11.3 Å². The first-order chi connectivity index (χ1) is 26.3. The van der Waals surface area contributed by atoms with E-state index < -0.39 is 53.3 Å². The number of aliphatic hydroxyl groups is 1. The van der Waals surface area contributed by atoms with Crippen LogP contribution in [0.3, 0.4) is 0 Å². The lowest BCUT2D eigenvalue weighted by Crippen LogP contribution is -2.70. The van der Waals surface area contributed by atoms with E-state index in [-0.39, 0.29) is 78.0 Å². The van der Waals surface area contributed by atoms with Crippen LogP contribution in [-0.4, -0.2) is 108 Å². The van der Waals surface area contributed by atoms with E-state index in [1.165, 1.54) is 31.5 Å². The van der Waals surface area contributed by atoms with E-state index in [9.17, 15) is 29.4 Å². The summed E-state index contributed by atoms with van der Waals surface area (Å²) in [4.78, 5) is 77.8. The number of aliphatic hydroxyl groups excluding tert-OH is 1. The Kier molecular flexibility index (Phi) is 20.9. The molecule has 2 heterocycles. The molecular weight excluding hydrogens is 788 g/mol. The number of H-pyrrole nitrogens is 1. The summed E-state index contributed by atoms with van der Waals surface area (Å²) >= 11 is 0. The summed E-state index contributed by atoms with van der Waals surface area (Å²) in [5.74, 6) is -4.48. The van der Waals surface area contributed by atoms with E-state index in [1.807, 2.05) is 19.9 Å². The van der Waals surface area contributed by atoms with E-state index in [2.05, 4.69) is 20.6 Å². The maximum absolute atomic E-state index is 15.6. The molecule has 2 aliphatic rings. The SMILES string of the molecule is CC(=O)N(C(=O)[C@@H](N)Cc1ccccc1)[C@@](Cc1c[nH]cn1)(C(=O)NC(CC1CCCCC1)C(O)CC(=O)NCC(C)C)C1COc2ccc(C(=O)O)cc21.Cl.O.O.O. The van der Waals surface area contributed by atoms with Crippen molar-refractivity contribution in [2.24, 2.45) is 17.6 Å². The molecule has 5 atom stereocenters. The number of nitrogens with one attached hydrogen (secondary N) is 3.